The van der Waals surface area contributed by atoms with Crippen molar-refractivity contribution < 1.29 is 19.1 Å². The van der Waals surface area contributed by atoms with Crippen LogP contribution in [0.4, 0.5) is 5.69 Å². The maximum absolute atomic E-state index is 12.8. The predicted molar refractivity (Wildman–Crippen MR) is 112 cm³/mol. The molecule has 2 amide bonds. The fourth-order valence-electron chi connectivity index (χ4n) is 3.50. The maximum atomic E-state index is 12.8. The lowest BCUT2D eigenvalue weighted by Gasteiger charge is -2.17. The van der Waals surface area contributed by atoms with Crippen LogP contribution in [-0.2, 0) is 22.6 Å². The number of anilines is 1. The van der Waals surface area contributed by atoms with Crippen LogP contribution < -0.4 is 19.7 Å². The summed E-state index contributed by atoms with van der Waals surface area (Å²) in [7, 11) is 1.58. The van der Waals surface area contributed by atoms with Gasteiger partial charge in [-0.05, 0) is 55.2 Å². The number of nitrogens with one attached hydrogen (secondary N) is 1. The first-order chi connectivity index (χ1) is 14.1. The van der Waals surface area contributed by atoms with E-state index in [4.69, 9.17) is 9.47 Å². The minimum atomic E-state index is -0.648. The summed E-state index contributed by atoms with van der Waals surface area (Å²) in [5.74, 6) is 0.259. The zero-order chi connectivity index (χ0) is 20.8. The second kappa shape index (κ2) is 9.45. The minimum Gasteiger partial charge on any atom is -0.493 e. The molecule has 2 aromatic carbocycles. The molecule has 0 aliphatic carbocycles. The van der Waals surface area contributed by atoms with Gasteiger partial charge < -0.3 is 19.7 Å². The minimum absolute atomic E-state index is 0.143. The van der Waals surface area contributed by atoms with Crippen LogP contribution in [0.15, 0.2) is 42.5 Å². The van der Waals surface area contributed by atoms with Crippen LogP contribution in [0.2, 0.25) is 0 Å². The highest BCUT2D eigenvalue weighted by molar-refractivity contribution is 6.09. The summed E-state index contributed by atoms with van der Waals surface area (Å²) in [6.07, 6.45) is 1.47. The van der Waals surface area contributed by atoms with Gasteiger partial charge in [0.05, 0.1) is 13.7 Å². The normalized spacial score (nSPS) is 16.0. The number of nitrogens with zero attached hydrogens (tertiary/aromatic N) is 1. The molecule has 0 aromatic heterocycles. The van der Waals surface area contributed by atoms with Crippen LogP contribution in [-0.4, -0.2) is 32.1 Å². The van der Waals surface area contributed by atoms with E-state index in [0.717, 1.165) is 17.7 Å². The molecule has 6 heteroatoms. The van der Waals surface area contributed by atoms with Crippen LogP contribution in [0.3, 0.4) is 0 Å². The molecule has 0 saturated carbocycles. The number of aryl methyl sites for hydroxylation is 1. The Kier molecular flexibility index (Phi) is 6.75. The first kappa shape index (κ1) is 20.7. The molecule has 1 atom stereocenters. The standard InChI is InChI=1S/C23H28N2O4/c1-4-16-6-9-18(10-7-16)25-13-12-19(23(25)27)22(26)24-15-17-8-11-20(29-5-2)21(14-17)28-3/h6-11,14,19H,4-5,12-13,15H2,1-3H3,(H,24,26). The van der Waals surface area contributed by atoms with Crippen LogP contribution in [0.1, 0.15) is 31.4 Å². The van der Waals surface area contributed by atoms with E-state index in [9.17, 15) is 9.59 Å². The average molecular weight is 396 g/mol. The average Bonchev–Trinajstić information content (AvgIpc) is 3.14. The molecule has 1 saturated heterocycles. The number of hydrogen-bond acceptors (Lipinski definition) is 4. The second-order valence-electron chi connectivity index (χ2n) is 6.99. The third kappa shape index (κ3) is 4.70. The zero-order valence-corrected chi connectivity index (χ0v) is 17.2. The summed E-state index contributed by atoms with van der Waals surface area (Å²) in [6.45, 7) is 5.44. The third-order valence-corrected chi connectivity index (χ3v) is 5.17. The summed E-state index contributed by atoms with van der Waals surface area (Å²) in [4.78, 5) is 27.1. The lowest BCUT2D eigenvalue weighted by Crippen LogP contribution is -2.36. The van der Waals surface area contributed by atoms with E-state index in [1.165, 1.54) is 5.56 Å². The number of carbonyl (C=O) groups is 2. The van der Waals surface area contributed by atoms with Gasteiger partial charge in [-0.25, -0.2) is 0 Å². The van der Waals surface area contributed by atoms with Crippen molar-refractivity contribution in [2.75, 3.05) is 25.2 Å². The van der Waals surface area contributed by atoms with Crippen molar-refractivity contribution in [2.45, 2.75) is 33.2 Å². The summed E-state index contributed by atoms with van der Waals surface area (Å²) in [5.41, 5.74) is 2.95. The predicted octanol–water partition coefficient (Wildman–Crippen LogP) is 3.33. The van der Waals surface area contributed by atoms with Crippen molar-refractivity contribution >= 4 is 17.5 Å². The molecule has 6 nitrogen and oxygen atoms in total. The van der Waals surface area contributed by atoms with Crippen LogP contribution in [0.25, 0.3) is 0 Å². The summed E-state index contributed by atoms with van der Waals surface area (Å²) in [5, 5.41) is 2.88. The van der Waals surface area contributed by atoms with Crippen LogP contribution in [0, 0.1) is 5.92 Å². The van der Waals surface area contributed by atoms with Gasteiger partial charge in [-0.3, -0.25) is 9.59 Å². The lowest BCUT2D eigenvalue weighted by molar-refractivity contribution is -0.132. The number of benzene rings is 2. The van der Waals surface area contributed by atoms with Gasteiger partial charge in [-0.1, -0.05) is 25.1 Å². The van der Waals surface area contributed by atoms with E-state index in [0.29, 0.717) is 37.6 Å². The number of amides is 2. The van der Waals surface area contributed by atoms with E-state index in [-0.39, 0.29) is 11.8 Å². The SMILES string of the molecule is CCOc1ccc(CNC(=O)C2CCN(c3ccc(CC)cc3)C2=O)cc1OC. The van der Waals surface area contributed by atoms with Crippen molar-refractivity contribution in [2.24, 2.45) is 5.92 Å². The monoisotopic (exact) mass is 396 g/mol. The topological polar surface area (TPSA) is 67.9 Å². The van der Waals surface area contributed by atoms with Crippen molar-refractivity contribution in [1.82, 2.24) is 5.32 Å². The lowest BCUT2D eigenvalue weighted by atomic mass is 10.1. The number of hydrogen-bond donors (Lipinski definition) is 1. The van der Waals surface area contributed by atoms with Crippen molar-refractivity contribution in [1.29, 1.82) is 0 Å². The van der Waals surface area contributed by atoms with E-state index in [2.05, 4.69) is 12.2 Å². The van der Waals surface area contributed by atoms with Gasteiger partial charge >= 0.3 is 0 Å². The molecule has 0 bridgehead atoms. The first-order valence-electron chi connectivity index (χ1n) is 10.0. The highest BCUT2D eigenvalue weighted by Gasteiger charge is 2.37. The number of ether oxygens (including phenoxy) is 2. The molecule has 1 aliphatic heterocycles. The molecule has 1 heterocycles. The van der Waals surface area contributed by atoms with Gasteiger partial charge in [0.2, 0.25) is 11.8 Å². The molecular formula is C23H28N2O4. The quantitative estimate of drug-likeness (QED) is 0.695. The molecule has 1 unspecified atom stereocenters. The van der Waals surface area contributed by atoms with Gasteiger partial charge in [-0.2, -0.15) is 0 Å². The molecule has 3 rings (SSSR count). The van der Waals surface area contributed by atoms with E-state index in [1.54, 1.807) is 12.0 Å². The fraction of sp³-hybridized carbons (Fsp3) is 0.391. The van der Waals surface area contributed by atoms with Crippen LogP contribution in [0.5, 0.6) is 11.5 Å². The summed E-state index contributed by atoms with van der Waals surface area (Å²) >= 11 is 0. The first-order valence-corrected chi connectivity index (χ1v) is 10.0. The molecule has 1 aliphatic rings. The molecular weight excluding hydrogens is 368 g/mol. The Balaban J connectivity index is 1.60. The molecule has 2 aromatic rings. The Bertz CT molecular complexity index is 864. The Morgan fingerprint density at radius 1 is 1.10 bits per heavy atom. The van der Waals surface area contributed by atoms with Gasteiger partial charge in [0.25, 0.3) is 0 Å². The Morgan fingerprint density at radius 2 is 1.83 bits per heavy atom. The summed E-state index contributed by atoms with van der Waals surface area (Å²) < 4.78 is 10.9. The molecule has 29 heavy (non-hydrogen) atoms. The van der Waals surface area contributed by atoms with Crippen molar-refractivity contribution in [3.05, 3.63) is 53.6 Å². The number of carbonyl (C=O) groups excluding carboxylic acids is 2. The molecule has 1 fully saturated rings. The zero-order valence-electron chi connectivity index (χ0n) is 17.2. The number of methoxy groups -OCH3 is 1. The Labute approximate surface area is 171 Å². The van der Waals surface area contributed by atoms with Gasteiger partial charge in [0.15, 0.2) is 11.5 Å². The van der Waals surface area contributed by atoms with Crippen molar-refractivity contribution in [3.63, 3.8) is 0 Å². The smallest absolute Gasteiger partial charge is 0.239 e. The highest BCUT2D eigenvalue weighted by Crippen LogP contribution is 2.29. The van der Waals surface area contributed by atoms with Crippen LogP contribution >= 0.6 is 0 Å². The molecule has 0 radical (unpaired) electrons. The van der Waals surface area contributed by atoms with Gasteiger partial charge in [0.1, 0.15) is 5.92 Å². The van der Waals surface area contributed by atoms with E-state index < -0.39 is 5.92 Å². The third-order valence-electron chi connectivity index (χ3n) is 5.17. The van der Waals surface area contributed by atoms with E-state index in [1.807, 2.05) is 49.4 Å². The second-order valence-corrected chi connectivity index (χ2v) is 6.99. The Morgan fingerprint density at radius 3 is 2.48 bits per heavy atom. The molecule has 0 spiro atoms. The van der Waals surface area contributed by atoms with Gasteiger partial charge in [-0.15, -0.1) is 0 Å². The van der Waals surface area contributed by atoms with Crippen molar-refractivity contribution in [3.8, 4) is 11.5 Å². The number of rotatable bonds is 8. The van der Waals surface area contributed by atoms with Gasteiger partial charge in [0, 0.05) is 18.8 Å². The molecule has 1 N–H and O–H groups in total. The Hall–Kier alpha value is -3.02. The molecule has 154 valence electrons. The fourth-order valence-corrected chi connectivity index (χ4v) is 3.50. The van der Waals surface area contributed by atoms with E-state index >= 15 is 0 Å². The maximum Gasteiger partial charge on any atom is 0.239 e. The summed E-state index contributed by atoms with van der Waals surface area (Å²) in [6, 6.07) is 13.5. The largest absolute Gasteiger partial charge is 0.493 e. The highest BCUT2D eigenvalue weighted by atomic mass is 16.5.